The van der Waals surface area contributed by atoms with E-state index in [0.717, 1.165) is 12.0 Å². The van der Waals surface area contributed by atoms with Crippen molar-refractivity contribution in [2.24, 2.45) is 5.92 Å². The molecule has 0 aliphatic heterocycles. The van der Waals surface area contributed by atoms with Crippen LogP contribution >= 0.6 is 0 Å². The molecule has 1 N–H and O–H groups in total. The molecule has 0 unspecified atom stereocenters. The molecule has 0 fully saturated rings. The number of anilines is 1. The van der Waals surface area contributed by atoms with Gasteiger partial charge in [-0.05, 0) is 42.5 Å². The summed E-state index contributed by atoms with van der Waals surface area (Å²) in [5.41, 5.74) is 2.88. The zero-order chi connectivity index (χ0) is 20.5. The predicted octanol–water partition coefficient (Wildman–Crippen LogP) is 3.92. The zero-order valence-corrected chi connectivity index (χ0v) is 17.2. The number of amides is 2. The third-order valence-electron chi connectivity index (χ3n) is 4.44. The van der Waals surface area contributed by atoms with Crippen molar-refractivity contribution in [1.29, 1.82) is 0 Å². The molecule has 5 heteroatoms. The number of carbonyl (C=O) groups is 2. The molecule has 0 aliphatic carbocycles. The zero-order valence-electron chi connectivity index (χ0n) is 17.2. The molecule has 0 saturated heterocycles. The second-order valence-electron chi connectivity index (χ2n) is 7.28. The summed E-state index contributed by atoms with van der Waals surface area (Å²) in [6, 6.07) is 15.3. The fraction of sp³-hybridized carbons (Fsp3) is 0.391. The Hall–Kier alpha value is -2.82. The van der Waals surface area contributed by atoms with Crippen molar-refractivity contribution in [3.8, 4) is 5.75 Å². The first-order valence-corrected chi connectivity index (χ1v) is 9.70. The molecule has 2 rings (SSSR count). The topological polar surface area (TPSA) is 58.6 Å². The molecule has 2 aromatic rings. The molecule has 0 atom stereocenters. The Morgan fingerprint density at radius 1 is 1.07 bits per heavy atom. The van der Waals surface area contributed by atoms with Gasteiger partial charge in [-0.15, -0.1) is 0 Å². The van der Waals surface area contributed by atoms with Crippen LogP contribution in [0, 0.1) is 5.92 Å². The van der Waals surface area contributed by atoms with Gasteiger partial charge in [-0.3, -0.25) is 9.59 Å². The van der Waals surface area contributed by atoms with E-state index < -0.39 is 0 Å². The first-order valence-electron chi connectivity index (χ1n) is 9.70. The van der Waals surface area contributed by atoms with Crippen molar-refractivity contribution >= 4 is 17.5 Å². The second-order valence-corrected chi connectivity index (χ2v) is 7.28. The van der Waals surface area contributed by atoms with Gasteiger partial charge in [0.05, 0.1) is 20.1 Å². The summed E-state index contributed by atoms with van der Waals surface area (Å²) in [6.07, 6.45) is 1.32. The Morgan fingerprint density at radius 2 is 1.75 bits per heavy atom. The molecule has 150 valence electrons. The van der Waals surface area contributed by atoms with Gasteiger partial charge >= 0.3 is 0 Å². The van der Waals surface area contributed by atoms with E-state index in [9.17, 15) is 9.59 Å². The van der Waals surface area contributed by atoms with E-state index in [1.54, 1.807) is 30.2 Å². The van der Waals surface area contributed by atoms with Crippen molar-refractivity contribution in [2.75, 3.05) is 25.5 Å². The van der Waals surface area contributed by atoms with Gasteiger partial charge in [0.1, 0.15) is 5.75 Å². The largest absolute Gasteiger partial charge is 0.497 e. The van der Waals surface area contributed by atoms with E-state index in [1.807, 2.05) is 25.1 Å². The Labute approximate surface area is 167 Å². The third kappa shape index (κ3) is 6.72. The number of nitrogens with zero attached hydrogens (tertiary/aromatic N) is 1. The van der Waals surface area contributed by atoms with Gasteiger partial charge in [0.2, 0.25) is 11.8 Å². The SMILES string of the molecule is CCN(CC(=O)Nc1cccc(OC)c1)C(=O)Cc1ccc(CC(C)C)cc1. The average molecular weight is 383 g/mol. The Morgan fingerprint density at radius 3 is 2.36 bits per heavy atom. The number of likely N-dealkylation sites (N-methyl/N-ethyl adjacent to an activating group) is 1. The first-order chi connectivity index (χ1) is 13.4. The average Bonchev–Trinajstić information content (AvgIpc) is 2.67. The summed E-state index contributed by atoms with van der Waals surface area (Å²) < 4.78 is 5.16. The van der Waals surface area contributed by atoms with Crippen LogP contribution in [0.15, 0.2) is 48.5 Å². The molecule has 0 aliphatic rings. The van der Waals surface area contributed by atoms with E-state index in [4.69, 9.17) is 4.74 Å². The highest BCUT2D eigenvalue weighted by Crippen LogP contribution is 2.16. The molecular formula is C23H30N2O3. The predicted molar refractivity (Wildman–Crippen MR) is 113 cm³/mol. The van der Waals surface area contributed by atoms with Gasteiger partial charge in [-0.2, -0.15) is 0 Å². The maximum atomic E-state index is 12.6. The Kier molecular flexibility index (Phi) is 8.05. The molecular weight excluding hydrogens is 352 g/mol. The maximum Gasteiger partial charge on any atom is 0.243 e. The number of nitrogens with one attached hydrogen (secondary N) is 1. The van der Waals surface area contributed by atoms with Gasteiger partial charge in [0.25, 0.3) is 0 Å². The van der Waals surface area contributed by atoms with E-state index in [0.29, 0.717) is 30.3 Å². The van der Waals surface area contributed by atoms with E-state index in [1.165, 1.54) is 5.56 Å². The number of carbonyl (C=O) groups excluding carboxylic acids is 2. The second kappa shape index (κ2) is 10.5. The standard InChI is InChI=1S/C23H30N2O3/c1-5-25(16-22(26)24-20-7-6-8-21(15-20)28-4)23(27)14-19-11-9-18(10-12-19)13-17(2)3/h6-12,15,17H,5,13-14,16H2,1-4H3,(H,24,26). The van der Waals surface area contributed by atoms with Crippen molar-refractivity contribution in [3.05, 3.63) is 59.7 Å². The third-order valence-corrected chi connectivity index (χ3v) is 4.44. The van der Waals surface area contributed by atoms with Crippen LogP contribution in [0.2, 0.25) is 0 Å². The fourth-order valence-corrected chi connectivity index (χ4v) is 3.00. The minimum atomic E-state index is -0.226. The molecule has 0 heterocycles. The van der Waals surface area contributed by atoms with Crippen LogP contribution in [-0.4, -0.2) is 36.9 Å². The van der Waals surface area contributed by atoms with Crippen LogP contribution in [0.25, 0.3) is 0 Å². The summed E-state index contributed by atoms with van der Waals surface area (Å²) in [6.45, 7) is 6.76. The number of methoxy groups -OCH3 is 1. The Bertz CT molecular complexity index is 785. The van der Waals surface area contributed by atoms with Crippen molar-refractivity contribution < 1.29 is 14.3 Å². The monoisotopic (exact) mass is 382 g/mol. The Balaban J connectivity index is 1.92. The van der Waals surface area contributed by atoms with Gasteiger partial charge in [-0.25, -0.2) is 0 Å². The van der Waals surface area contributed by atoms with E-state index in [-0.39, 0.29) is 18.4 Å². The van der Waals surface area contributed by atoms with Crippen molar-refractivity contribution in [1.82, 2.24) is 4.90 Å². The van der Waals surface area contributed by atoms with E-state index >= 15 is 0 Å². The molecule has 0 aromatic heterocycles. The molecule has 28 heavy (non-hydrogen) atoms. The van der Waals surface area contributed by atoms with Gasteiger partial charge in [-0.1, -0.05) is 44.2 Å². The summed E-state index contributed by atoms with van der Waals surface area (Å²) in [5, 5.41) is 2.81. The van der Waals surface area contributed by atoms with Crippen LogP contribution in [0.3, 0.4) is 0 Å². The highest BCUT2D eigenvalue weighted by atomic mass is 16.5. The first kappa shape index (κ1) is 21.5. The summed E-state index contributed by atoms with van der Waals surface area (Å²) in [4.78, 5) is 26.5. The lowest BCUT2D eigenvalue weighted by Gasteiger charge is -2.20. The van der Waals surface area contributed by atoms with Gasteiger partial charge in [0, 0.05) is 18.3 Å². The quantitative estimate of drug-likeness (QED) is 0.715. The molecule has 0 bridgehead atoms. The number of hydrogen-bond acceptors (Lipinski definition) is 3. The lowest BCUT2D eigenvalue weighted by atomic mass is 10.0. The number of ether oxygens (including phenoxy) is 1. The van der Waals surface area contributed by atoms with Gasteiger partial charge in [0.15, 0.2) is 0 Å². The lowest BCUT2D eigenvalue weighted by Crippen LogP contribution is -2.38. The van der Waals surface area contributed by atoms with Crippen LogP contribution in [0.4, 0.5) is 5.69 Å². The number of benzene rings is 2. The van der Waals surface area contributed by atoms with Crippen LogP contribution in [-0.2, 0) is 22.4 Å². The van der Waals surface area contributed by atoms with Crippen LogP contribution in [0.5, 0.6) is 5.75 Å². The molecule has 2 amide bonds. The van der Waals surface area contributed by atoms with Crippen LogP contribution in [0.1, 0.15) is 31.9 Å². The van der Waals surface area contributed by atoms with Gasteiger partial charge < -0.3 is 15.0 Å². The van der Waals surface area contributed by atoms with Crippen molar-refractivity contribution in [3.63, 3.8) is 0 Å². The smallest absolute Gasteiger partial charge is 0.243 e. The molecule has 2 aromatic carbocycles. The normalized spacial score (nSPS) is 10.6. The van der Waals surface area contributed by atoms with Crippen molar-refractivity contribution in [2.45, 2.75) is 33.6 Å². The highest BCUT2D eigenvalue weighted by Gasteiger charge is 2.16. The molecule has 0 saturated carbocycles. The highest BCUT2D eigenvalue weighted by molar-refractivity contribution is 5.94. The number of rotatable bonds is 9. The number of hydrogen-bond donors (Lipinski definition) is 1. The minimum absolute atomic E-state index is 0.0258. The molecule has 5 nitrogen and oxygen atoms in total. The molecule has 0 radical (unpaired) electrons. The molecule has 0 spiro atoms. The lowest BCUT2D eigenvalue weighted by molar-refractivity contribution is -0.133. The summed E-state index contributed by atoms with van der Waals surface area (Å²) in [5.74, 6) is 0.990. The summed E-state index contributed by atoms with van der Waals surface area (Å²) in [7, 11) is 1.58. The fourth-order valence-electron chi connectivity index (χ4n) is 3.00. The van der Waals surface area contributed by atoms with E-state index in [2.05, 4.69) is 31.3 Å². The minimum Gasteiger partial charge on any atom is -0.497 e. The summed E-state index contributed by atoms with van der Waals surface area (Å²) >= 11 is 0. The van der Waals surface area contributed by atoms with Crippen LogP contribution < -0.4 is 10.1 Å². The maximum absolute atomic E-state index is 12.6.